The first-order valence-electron chi connectivity index (χ1n) is 6.26. The van der Waals surface area contributed by atoms with Gasteiger partial charge in [-0.05, 0) is 25.0 Å². The Hall–Kier alpha value is -1.13. The monoisotopic (exact) mass is 237 g/mol. The molecule has 3 N–H and O–H groups in total. The van der Waals surface area contributed by atoms with Gasteiger partial charge < -0.3 is 15.7 Å². The second-order valence-electron chi connectivity index (χ2n) is 4.30. The van der Waals surface area contributed by atoms with E-state index < -0.39 is 0 Å². The average Bonchev–Trinajstić information content (AvgIpc) is 2.34. The summed E-state index contributed by atoms with van der Waals surface area (Å²) in [6.45, 7) is 5.82. The van der Waals surface area contributed by atoms with Crippen molar-refractivity contribution < 1.29 is 5.11 Å². The molecule has 0 amide bonds. The fourth-order valence-electron chi connectivity index (χ4n) is 1.66. The van der Waals surface area contributed by atoms with E-state index in [1.807, 2.05) is 25.3 Å². The number of nitrogens with two attached hydrogens (primary N) is 1. The van der Waals surface area contributed by atoms with Gasteiger partial charge in [-0.1, -0.05) is 19.4 Å². The Morgan fingerprint density at radius 3 is 2.65 bits per heavy atom. The predicted molar refractivity (Wildman–Crippen MR) is 71.0 cm³/mol. The van der Waals surface area contributed by atoms with E-state index in [1.54, 1.807) is 0 Å². The van der Waals surface area contributed by atoms with Crippen molar-refractivity contribution in [3.8, 4) is 0 Å². The van der Waals surface area contributed by atoms with Crippen LogP contribution >= 0.6 is 0 Å². The molecule has 1 rings (SSSR count). The molecule has 1 aromatic rings. The van der Waals surface area contributed by atoms with Crippen molar-refractivity contribution in [1.29, 1.82) is 0 Å². The van der Waals surface area contributed by atoms with Crippen LogP contribution in [0.25, 0.3) is 0 Å². The maximum Gasteiger partial charge on any atom is 0.128 e. The lowest BCUT2D eigenvalue weighted by Crippen LogP contribution is -2.28. The third kappa shape index (κ3) is 4.32. The van der Waals surface area contributed by atoms with Gasteiger partial charge in [-0.2, -0.15) is 0 Å². The highest BCUT2D eigenvalue weighted by molar-refractivity contribution is 5.39. The van der Waals surface area contributed by atoms with Crippen LogP contribution in [0.5, 0.6) is 0 Å². The number of hydrogen-bond donors (Lipinski definition) is 2. The van der Waals surface area contributed by atoms with Gasteiger partial charge in [-0.25, -0.2) is 4.98 Å². The van der Waals surface area contributed by atoms with E-state index in [2.05, 4.69) is 16.8 Å². The Morgan fingerprint density at radius 1 is 1.41 bits per heavy atom. The Balaban J connectivity index is 2.72. The van der Waals surface area contributed by atoms with Gasteiger partial charge >= 0.3 is 0 Å². The molecule has 1 unspecified atom stereocenters. The second kappa shape index (κ2) is 7.25. The van der Waals surface area contributed by atoms with E-state index in [0.29, 0.717) is 6.54 Å². The summed E-state index contributed by atoms with van der Waals surface area (Å²) < 4.78 is 0. The fraction of sp³-hybridized carbons (Fsp3) is 0.615. The van der Waals surface area contributed by atoms with E-state index >= 15 is 0 Å². The molecule has 0 radical (unpaired) electrons. The Bertz CT molecular complexity index is 311. The average molecular weight is 237 g/mol. The molecular weight excluding hydrogens is 214 g/mol. The van der Waals surface area contributed by atoms with Crippen molar-refractivity contribution in [2.75, 3.05) is 24.6 Å². The Kier molecular flexibility index (Phi) is 5.94. The number of pyridine rings is 1. The number of aromatic nitrogens is 1. The van der Waals surface area contributed by atoms with Crippen molar-refractivity contribution in [2.45, 2.75) is 32.7 Å². The maximum absolute atomic E-state index is 9.05. The summed E-state index contributed by atoms with van der Waals surface area (Å²) in [7, 11) is 0. The van der Waals surface area contributed by atoms with Crippen LogP contribution < -0.4 is 10.6 Å². The van der Waals surface area contributed by atoms with Gasteiger partial charge in [0.15, 0.2) is 0 Å². The fourth-order valence-corrected chi connectivity index (χ4v) is 1.66. The summed E-state index contributed by atoms with van der Waals surface area (Å²) in [5.74, 6) is 0.914. The van der Waals surface area contributed by atoms with Gasteiger partial charge in [0.05, 0.1) is 6.61 Å². The van der Waals surface area contributed by atoms with Crippen molar-refractivity contribution in [2.24, 2.45) is 5.73 Å². The highest BCUT2D eigenvalue weighted by Gasteiger charge is 2.07. The van der Waals surface area contributed by atoms with Gasteiger partial charge in [0.1, 0.15) is 5.82 Å². The quantitative estimate of drug-likeness (QED) is 0.757. The molecular formula is C13H23N3O. The predicted octanol–water partition coefficient (Wildman–Crippen LogP) is 1.70. The van der Waals surface area contributed by atoms with E-state index in [-0.39, 0.29) is 12.6 Å². The van der Waals surface area contributed by atoms with Crippen LogP contribution in [0.4, 0.5) is 5.82 Å². The van der Waals surface area contributed by atoms with E-state index in [0.717, 1.165) is 30.8 Å². The van der Waals surface area contributed by atoms with Gasteiger partial charge in [-0.15, -0.1) is 0 Å². The zero-order valence-electron chi connectivity index (χ0n) is 10.8. The third-order valence-corrected chi connectivity index (χ3v) is 2.77. The molecule has 0 aromatic carbocycles. The third-order valence-electron chi connectivity index (χ3n) is 2.77. The smallest absolute Gasteiger partial charge is 0.128 e. The largest absolute Gasteiger partial charge is 0.395 e. The lowest BCUT2D eigenvalue weighted by molar-refractivity contribution is 0.301. The minimum Gasteiger partial charge on any atom is -0.395 e. The number of hydrogen-bond acceptors (Lipinski definition) is 4. The summed E-state index contributed by atoms with van der Waals surface area (Å²) in [6, 6.07) is 3.99. The number of rotatable bonds is 7. The molecule has 1 aromatic heterocycles. The second-order valence-corrected chi connectivity index (χ2v) is 4.30. The van der Waals surface area contributed by atoms with Crippen LogP contribution in [0.3, 0.4) is 0 Å². The van der Waals surface area contributed by atoms with Crippen LogP contribution in [-0.4, -0.2) is 29.8 Å². The number of aliphatic hydroxyl groups is 1. The maximum atomic E-state index is 9.05. The summed E-state index contributed by atoms with van der Waals surface area (Å²) in [6.07, 6.45) is 4.06. The van der Waals surface area contributed by atoms with Gasteiger partial charge in [-0.3, -0.25) is 0 Å². The lowest BCUT2D eigenvalue weighted by atomic mass is 10.1. The van der Waals surface area contributed by atoms with Crippen LogP contribution in [0.1, 0.15) is 38.3 Å². The number of unbranched alkanes of at least 4 members (excludes halogenated alkanes) is 1. The van der Waals surface area contributed by atoms with E-state index in [4.69, 9.17) is 10.8 Å². The van der Waals surface area contributed by atoms with E-state index in [1.165, 1.54) is 0 Å². The molecule has 0 aliphatic carbocycles. The molecule has 0 aliphatic rings. The van der Waals surface area contributed by atoms with Crippen molar-refractivity contribution >= 4 is 5.82 Å². The minimum atomic E-state index is 0.0125. The van der Waals surface area contributed by atoms with Crippen LogP contribution in [0.15, 0.2) is 18.3 Å². The molecule has 17 heavy (non-hydrogen) atoms. The first-order valence-corrected chi connectivity index (χ1v) is 6.26. The molecule has 0 fully saturated rings. The number of aliphatic hydroxyl groups excluding tert-OH is 1. The topological polar surface area (TPSA) is 62.4 Å². The van der Waals surface area contributed by atoms with Crippen molar-refractivity contribution in [3.63, 3.8) is 0 Å². The number of anilines is 1. The molecule has 4 nitrogen and oxygen atoms in total. The van der Waals surface area contributed by atoms with Crippen LogP contribution in [0, 0.1) is 0 Å². The standard InChI is InChI=1S/C13H23N3O/c1-3-4-7-16(8-9-17)13-6-5-12(10-15-13)11(2)14/h5-6,10-11,17H,3-4,7-9,14H2,1-2H3. The zero-order chi connectivity index (χ0) is 12.7. The normalized spacial score (nSPS) is 12.5. The van der Waals surface area contributed by atoms with Gasteiger partial charge in [0.2, 0.25) is 0 Å². The van der Waals surface area contributed by atoms with Crippen molar-refractivity contribution in [1.82, 2.24) is 4.98 Å². The molecule has 0 saturated carbocycles. The molecule has 0 saturated heterocycles. The summed E-state index contributed by atoms with van der Waals surface area (Å²) in [5.41, 5.74) is 6.82. The highest BCUT2D eigenvalue weighted by Crippen LogP contribution is 2.15. The first kappa shape index (κ1) is 13.9. The summed E-state index contributed by atoms with van der Waals surface area (Å²) >= 11 is 0. The molecule has 1 heterocycles. The van der Waals surface area contributed by atoms with Crippen LogP contribution in [-0.2, 0) is 0 Å². The molecule has 1 atom stereocenters. The first-order chi connectivity index (χ1) is 8.19. The molecule has 96 valence electrons. The zero-order valence-corrected chi connectivity index (χ0v) is 10.8. The number of nitrogens with zero attached hydrogens (tertiary/aromatic N) is 2. The summed E-state index contributed by atoms with van der Waals surface area (Å²) in [4.78, 5) is 6.51. The van der Waals surface area contributed by atoms with E-state index in [9.17, 15) is 0 Å². The summed E-state index contributed by atoms with van der Waals surface area (Å²) in [5, 5.41) is 9.05. The minimum absolute atomic E-state index is 0.0125. The Morgan fingerprint density at radius 2 is 2.18 bits per heavy atom. The molecule has 0 spiro atoms. The highest BCUT2D eigenvalue weighted by atomic mass is 16.3. The Labute approximate surface area is 103 Å². The van der Waals surface area contributed by atoms with Gasteiger partial charge in [0, 0.05) is 25.3 Å². The lowest BCUT2D eigenvalue weighted by Gasteiger charge is -2.22. The molecule has 4 heteroatoms. The molecule has 0 bridgehead atoms. The molecule has 0 aliphatic heterocycles. The SMILES string of the molecule is CCCCN(CCO)c1ccc(C(C)N)cn1. The van der Waals surface area contributed by atoms with Gasteiger partial charge in [0.25, 0.3) is 0 Å². The van der Waals surface area contributed by atoms with Crippen molar-refractivity contribution in [3.05, 3.63) is 23.9 Å². The van der Waals surface area contributed by atoms with Crippen LogP contribution in [0.2, 0.25) is 0 Å².